The van der Waals surface area contributed by atoms with Gasteiger partial charge in [-0.25, -0.2) is 0 Å². The summed E-state index contributed by atoms with van der Waals surface area (Å²) in [6.45, 7) is 3.29. The van der Waals surface area contributed by atoms with Gasteiger partial charge in [-0.3, -0.25) is 4.79 Å². The predicted molar refractivity (Wildman–Crippen MR) is 123 cm³/mol. The van der Waals surface area contributed by atoms with Crippen LogP contribution in [0, 0.1) is 0 Å². The van der Waals surface area contributed by atoms with Crippen LogP contribution in [-0.4, -0.2) is 56.4 Å². The van der Waals surface area contributed by atoms with Gasteiger partial charge in [0.25, 0.3) is 5.91 Å². The summed E-state index contributed by atoms with van der Waals surface area (Å²) in [6.07, 6.45) is 1.82. The number of methoxy groups -OCH3 is 2. The molecule has 0 aromatic heterocycles. The molecule has 6 nitrogen and oxygen atoms in total. The van der Waals surface area contributed by atoms with Gasteiger partial charge in [-0.15, -0.1) is 0 Å². The number of nitrogens with zero attached hydrogens (tertiary/aromatic N) is 3. The van der Waals surface area contributed by atoms with Crippen LogP contribution in [0.1, 0.15) is 5.56 Å². The van der Waals surface area contributed by atoms with E-state index in [2.05, 4.69) is 20.9 Å². The molecule has 1 fully saturated rings. The molecule has 1 amide bonds. The summed E-state index contributed by atoms with van der Waals surface area (Å²) in [5.74, 6) is 1.14. The zero-order valence-corrected chi connectivity index (χ0v) is 18.4. The minimum Gasteiger partial charge on any atom is -0.497 e. The first-order chi connectivity index (χ1) is 14.6. The number of hydrogen-bond acceptors (Lipinski definition) is 6. The second-order valence-corrected chi connectivity index (χ2v) is 8.32. The van der Waals surface area contributed by atoms with E-state index in [0.717, 1.165) is 47.6 Å². The van der Waals surface area contributed by atoms with Crippen molar-refractivity contribution >= 4 is 46.2 Å². The maximum Gasteiger partial charge on any atom is 0.286 e. The number of aliphatic imine (C=N–C) groups is 1. The third-order valence-electron chi connectivity index (χ3n) is 5.06. The van der Waals surface area contributed by atoms with Crippen molar-refractivity contribution < 1.29 is 14.3 Å². The highest BCUT2D eigenvalue weighted by molar-refractivity contribution is 8.18. The van der Waals surface area contributed by atoms with E-state index in [1.807, 2.05) is 36.4 Å². The molecule has 0 aliphatic carbocycles. The zero-order valence-electron chi connectivity index (χ0n) is 16.8. The molecule has 2 aliphatic rings. The first-order valence-electron chi connectivity index (χ1n) is 9.57. The molecule has 2 aliphatic heterocycles. The largest absolute Gasteiger partial charge is 0.497 e. The lowest BCUT2D eigenvalue weighted by Gasteiger charge is -2.36. The van der Waals surface area contributed by atoms with Gasteiger partial charge >= 0.3 is 0 Å². The minimum absolute atomic E-state index is 0.217. The summed E-state index contributed by atoms with van der Waals surface area (Å²) in [7, 11) is 3.21. The predicted octanol–water partition coefficient (Wildman–Crippen LogP) is 4.15. The normalized spacial score (nSPS) is 18.0. The van der Waals surface area contributed by atoms with Gasteiger partial charge in [-0.1, -0.05) is 17.7 Å². The van der Waals surface area contributed by atoms with Crippen molar-refractivity contribution in [2.24, 2.45) is 4.99 Å². The molecule has 4 rings (SSSR count). The lowest BCUT2D eigenvalue weighted by molar-refractivity contribution is -0.113. The van der Waals surface area contributed by atoms with Crippen LogP contribution in [0.3, 0.4) is 0 Å². The van der Waals surface area contributed by atoms with E-state index >= 15 is 0 Å². The Labute approximate surface area is 185 Å². The van der Waals surface area contributed by atoms with Gasteiger partial charge in [0.2, 0.25) is 0 Å². The Morgan fingerprint density at radius 2 is 1.80 bits per heavy atom. The molecule has 2 aromatic carbocycles. The Morgan fingerprint density at radius 3 is 2.50 bits per heavy atom. The maximum atomic E-state index is 12.5. The van der Waals surface area contributed by atoms with Crippen molar-refractivity contribution in [3.63, 3.8) is 0 Å². The molecule has 156 valence electrons. The average Bonchev–Trinajstić information content (AvgIpc) is 3.14. The van der Waals surface area contributed by atoms with Gasteiger partial charge in [0.1, 0.15) is 11.5 Å². The number of hydrogen-bond donors (Lipinski definition) is 0. The summed E-state index contributed by atoms with van der Waals surface area (Å²) >= 11 is 7.52. The average molecular weight is 444 g/mol. The maximum absolute atomic E-state index is 12.5. The Morgan fingerprint density at radius 1 is 1.03 bits per heavy atom. The summed E-state index contributed by atoms with van der Waals surface area (Å²) in [6, 6.07) is 13.4. The summed E-state index contributed by atoms with van der Waals surface area (Å²) in [4.78, 5) is 21.8. The number of carbonyl (C=O) groups is 1. The number of piperazine rings is 1. The van der Waals surface area contributed by atoms with Gasteiger partial charge < -0.3 is 19.3 Å². The van der Waals surface area contributed by atoms with E-state index in [9.17, 15) is 4.79 Å². The van der Waals surface area contributed by atoms with E-state index in [1.54, 1.807) is 20.3 Å². The van der Waals surface area contributed by atoms with Crippen LogP contribution in [0.5, 0.6) is 11.5 Å². The molecule has 0 unspecified atom stereocenters. The molecular formula is C22H22ClN3O3S. The second kappa shape index (κ2) is 9.02. The highest BCUT2D eigenvalue weighted by atomic mass is 35.5. The molecule has 0 N–H and O–H groups in total. The second-order valence-electron chi connectivity index (χ2n) is 6.87. The molecule has 2 heterocycles. The fourth-order valence-electron chi connectivity index (χ4n) is 3.44. The highest BCUT2D eigenvalue weighted by Crippen LogP contribution is 2.34. The fourth-order valence-corrected chi connectivity index (χ4v) is 4.58. The third kappa shape index (κ3) is 4.42. The monoisotopic (exact) mass is 443 g/mol. The summed E-state index contributed by atoms with van der Waals surface area (Å²) in [5, 5.41) is 1.49. The van der Waals surface area contributed by atoms with Gasteiger partial charge in [-0.2, -0.15) is 4.99 Å². The molecule has 1 saturated heterocycles. The van der Waals surface area contributed by atoms with Crippen molar-refractivity contribution in [3.05, 3.63) is 58.0 Å². The van der Waals surface area contributed by atoms with Crippen molar-refractivity contribution in [2.45, 2.75) is 0 Å². The molecule has 0 bridgehead atoms. The van der Waals surface area contributed by atoms with Crippen molar-refractivity contribution in [1.82, 2.24) is 4.90 Å². The summed E-state index contributed by atoms with van der Waals surface area (Å²) < 4.78 is 10.7. The molecule has 0 atom stereocenters. The third-order valence-corrected chi connectivity index (χ3v) is 6.34. The number of anilines is 1. The molecule has 0 radical (unpaired) electrons. The Bertz CT molecular complexity index is 1020. The zero-order chi connectivity index (χ0) is 21.1. The number of benzene rings is 2. The Hall–Kier alpha value is -2.64. The first kappa shape index (κ1) is 20.6. The van der Waals surface area contributed by atoms with E-state index in [1.165, 1.54) is 11.8 Å². The SMILES string of the molecule is COc1ccc(/C=C2\SC(N3CCN(c4cccc(Cl)c4)CC3)=NC2=O)c(OC)c1. The Balaban J connectivity index is 1.43. The number of thioether (sulfide) groups is 1. The molecule has 0 saturated carbocycles. The molecule has 0 spiro atoms. The molecule has 8 heteroatoms. The fraction of sp³-hybridized carbons (Fsp3) is 0.273. The number of carbonyl (C=O) groups excluding carboxylic acids is 1. The van der Waals surface area contributed by atoms with E-state index in [-0.39, 0.29) is 5.91 Å². The van der Waals surface area contributed by atoms with Crippen LogP contribution < -0.4 is 14.4 Å². The van der Waals surface area contributed by atoms with Crippen molar-refractivity contribution in [3.8, 4) is 11.5 Å². The smallest absolute Gasteiger partial charge is 0.286 e. The molecule has 30 heavy (non-hydrogen) atoms. The highest BCUT2D eigenvalue weighted by Gasteiger charge is 2.28. The van der Waals surface area contributed by atoms with Gasteiger partial charge in [0.05, 0.1) is 19.1 Å². The van der Waals surface area contributed by atoms with Crippen molar-refractivity contribution in [1.29, 1.82) is 0 Å². The van der Waals surface area contributed by atoms with Crippen LogP contribution in [-0.2, 0) is 4.79 Å². The number of rotatable bonds is 4. The standard InChI is InChI=1S/C22H22ClN3O3S/c1-28-18-7-6-15(19(14-18)29-2)12-20-21(27)24-22(30-20)26-10-8-25(9-11-26)17-5-3-4-16(23)13-17/h3-7,12-14H,8-11H2,1-2H3/b20-12-. The Kier molecular flexibility index (Phi) is 6.20. The van der Waals surface area contributed by atoms with Crippen LogP contribution >= 0.6 is 23.4 Å². The number of amidine groups is 1. The summed E-state index contributed by atoms with van der Waals surface area (Å²) in [5.41, 5.74) is 1.93. The number of ether oxygens (including phenoxy) is 2. The number of halogens is 1. The van der Waals surface area contributed by atoms with Crippen LogP contribution in [0.25, 0.3) is 6.08 Å². The molecule has 2 aromatic rings. The van der Waals surface area contributed by atoms with E-state index < -0.39 is 0 Å². The van der Waals surface area contributed by atoms with Gasteiger partial charge in [-0.05, 0) is 48.2 Å². The first-order valence-corrected chi connectivity index (χ1v) is 10.8. The molecular weight excluding hydrogens is 422 g/mol. The quantitative estimate of drug-likeness (QED) is 0.662. The van der Waals surface area contributed by atoms with E-state index in [0.29, 0.717) is 16.4 Å². The minimum atomic E-state index is -0.217. The van der Waals surface area contributed by atoms with Crippen LogP contribution in [0.2, 0.25) is 5.02 Å². The van der Waals surface area contributed by atoms with Crippen molar-refractivity contribution in [2.75, 3.05) is 45.3 Å². The number of amides is 1. The van der Waals surface area contributed by atoms with Crippen LogP contribution in [0.15, 0.2) is 52.4 Å². The lowest BCUT2D eigenvalue weighted by atomic mass is 10.1. The van der Waals surface area contributed by atoms with E-state index in [4.69, 9.17) is 21.1 Å². The lowest BCUT2D eigenvalue weighted by Crippen LogP contribution is -2.47. The topological polar surface area (TPSA) is 54.4 Å². The van der Waals surface area contributed by atoms with Gasteiger partial charge in [0.15, 0.2) is 5.17 Å². The van der Waals surface area contributed by atoms with Gasteiger partial charge in [0, 0.05) is 48.5 Å². The van der Waals surface area contributed by atoms with Crippen LogP contribution in [0.4, 0.5) is 5.69 Å².